The summed E-state index contributed by atoms with van der Waals surface area (Å²) in [7, 11) is 0. The highest BCUT2D eigenvalue weighted by atomic mass is 16.5. The molecule has 0 radical (unpaired) electrons. The van der Waals surface area contributed by atoms with E-state index >= 15 is 0 Å². The minimum atomic E-state index is -0.532. The number of pyridine rings is 1. The molecule has 1 aromatic heterocycles. The molecular weight excluding hydrogens is 574 g/mol. The molecule has 0 aliphatic heterocycles. The summed E-state index contributed by atoms with van der Waals surface area (Å²) in [6.07, 6.45) is 1.75. The topological polar surface area (TPSA) is 140 Å². The Labute approximate surface area is 258 Å². The van der Waals surface area contributed by atoms with Crippen LogP contribution in [0, 0.1) is 0 Å². The summed E-state index contributed by atoms with van der Waals surface area (Å²) in [6.45, 7) is 2.74. The van der Waals surface area contributed by atoms with E-state index in [2.05, 4.69) is 4.98 Å². The maximum absolute atomic E-state index is 12.2. The van der Waals surface area contributed by atoms with Gasteiger partial charge in [0.05, 0.1) is 22.7 Å². The van der Waals surface area contributed by atoms with Crippen LogP contribution in [-0.4, -0.2) is 38.7 Å². The van der Waals surface area contributed by atoms with Crippen molar-refractivity contribution in [2.75, 3.05) is 0 Å². The normalized spacial score (nSPS) is 11.5. The van der Waals surface area contributed by atoms with Crippen molar-refractivity contribution < 1.29 is 38.9 Å². The molecule has 4 aromatic carbocycles. The Balaban J connectivity index is 0.000000192. The number of nitrogens with zero attached hydrogens (tertiary/aromatic N) is 1. The number of rotatable bonds is 5. The zero-order chi connectivity index (χ0) is 32.1. The molecule has 0 amide bonds. The molecule has 2 N–H and O–H groups in total. The number of carbonyl (C=O) groups is 4. The number of hydrogen-bond acceptors (Lipinski definition) is 9. The van der Waals surface area contributed by atoms with Gasteiger partial charge in [0.2, 0.25) is 5.78 Å². The van der Waals surface area contributed by atoms with Crippen molar-refractivity contribution in [1.29, 1.82) is 0 Å². The molecule has 1 aliphatic rings. The fourth-order valence-electron chi connectivity index (χ4n) is 5.08. The summed E-state index contributed by atoms with van der Waals surface area (Å²) in [5, 5.41) is 19.4. The number of benzene rings is 4. The fourth-order valence-corrected chi connectivity index (χ4v) is 5.08. The van der Waals surface area contributed by atoms with Crippen LogP contribution in [0.2, 0.25) is 0 Å². The van der Waals surface area contributed by atoms with E-state index in [1.165, 1.54) is 50.2 Å². The van der Waals surface area contributed by atoms with Gasteiger partial charge in [-0.05, 0) is 59.7 Å². The standard InChI is InChI=1S/C22H19NO4.C14H8O4/c1-15(24)26-19-10-6-17(7-11-19)22(21-5-3-4-14-23-21)18-8-12-20(13-9-18)27-16(2)25;15-9-5-1-3-7-11(9)14(18)12-8(13(7)17)4-2-6-10(12)16/h3-14,22H,1-2H3;1-6,15-16H. The molecule has 0 atom stereocenters. The Morgan fingerprint density at radius 3 is 1.47 bits per heavy atom. The van der Waals surface area contributed by atoms with Gasteiger partial charge in [-0.15, -0.1) is 0 Å². The van der Waals surface area contributed by atoms with E-state index in [0.29, 0.717) is 11.5 Å². The quantitative estimate of drug-likeness (QED) is 0.180. The monoisotopic (exact) mass is 601 g/mol. The summed E-state index contributed by atoms with van der Waals surface area (Å²) in [6, 6.07) is 29.2. The average molecular weight is 602 g/mol. The van der Waals surface area contributed by atoms with Crippen LogP contribution in [0.1, 0.15) is 68.4 Å². The van der Waals surface area contributed by atoms with Crippen LogP contribution < -0.4 is 9.47 Å². The molecule has 0 saturated heterocycles. The number of ether oxygens (including phenoxy) is 2. The van der Waals surface area contributed by atoms with Gasteiger partial charge in [0.1, 0.15) is 23.0 Å². The van der Waals surface area contributed by atoms with Crippen molar-refractivity contribution in [3.05, 3.63) is 148 Å². The molecule has 1 heterocycles. The third-order valence-electron chi connectivity index (χ3n) is 6.96. The minimum absolute atomic E-state index is 0.0449. The molecule has 6 rings (SSSR count). The molecule has 9 heteroatoms. The first-order valence-electron chi connectivity index (χ1n) is 13.8. The predicted octanol–water partition coefficient (Wildman–Crippen LogP) is 5.99. The van der Waals surface area contributed by atoms with Gasteiger partial charge in [0, 0.05) is 31.2 Å². The zero-order valence-electron chi connectivity index (χ0n) is 24.3. The van der Waals surface area contributed by atoms with Crippen LogP contribution in [0.4, 0.5) is 0 Å². The lowest BCUT2D eigenvalue weighted by molar-refractivity contribution is -0.132. The molecule has 1 aliphatic carbocycles. The van der Waals surface area contributed by atoms with E-state index in [-0.39, 0.29) is 57.4 Å². The predicted molar refractivity (Wildman–Crippen MR) is 164 cm³/mol. The molecule has 0 spiro atoms. The van der Waals surface area contributed by atoms with Crippen LogP contribution in [0.25, 0.3) is 0 Å². The van der Waals surface area contributed by atoms with Crippen molar-refractivity contribution >= 4 is 23.5 Å². The van der Waals surface area contributed by atoms with Crippen LogP contribution in [0.5, 0.6) is 23.0 Å². The molecule has 45 heavy (non-hydrogen) atoms. The zero-order valence-corrected chi connectivity index (χ0v) is 24.3. The van der Waals surface area contributed by atoms with Crippen LogP contribution in [0.3, 0.4) is 0 Å². The van der Waals surface area contributed by atoms with Gasteiger partial charge in [0.25, 0.3) is 0 Å². The van der Waals surface area contributed by atoms with E-state index < -0.39 is 5.78 Å². The number of aromatic hydroxyl groups is 2. The summed E-state index contributed by atoms with van der Waals surface area (Å²) < 4.78 is 10.2. The van der Waals surface area contributed by atoms with Gasteiger partial charge < -0.3 is 19.7 Å². The maximum atomic E-state index is 12.2. The van der Waals surface area contributed by atoms with Crippen molar-refractivity contribution in [3.63, 3.8) is 0 Å². The van der Waals surface area contributed by atoms with E-state index in [1.54, 1.807) is 30.5 Å². The van der Waals surface area contributed by atoms with Crippen molar-refractivity contribution in [3.8, 4) is 23.0 Å². The van der Waals surface area contributed by atoms with Crippen molar-refractivity contribution in [2.24, 2.45) is 0 Å². The molecule has 0 fully saturated rings. The molecule has 0 bridgehead atoms. The largest absolute Gasteiger partial charge is 0.507 e. The first kappa shape index (κ1) is 30.4. The molecule has 5 aromatic rings. The Hall–Kier alpha value is -6.09. The first-order valence-corrected chi connectivity index (χ1v) is 13.8. The number of carbonyl (C=O) groups excluding carboxylic acids is 4. The second-order valence-corrected chi connectivity index (χ2v) is 10.1. The van der Waals surface area contributed by atoms with Gasteiger partial charge in [0.15, 0.2) is 5.78 Å². The van der Waals surface area contributed by atoms with Crippen LogP contribution >= 0.6 is 0 Å². The second-order valence-electron chi connectivity index (χ2n) is 10.1. The van der Waals surface area contributed by atoms with E-state index in [1.807, 2.05) is 42.5 Å². The third kappa shape index (κ3) is 6.62. The summed E-state index contributed by atoms with van der Waals surface area (Å²) in [5.41, 5.74) is 3.14. The summed E-state index contributed by atoms with van der Waals surface area (Å²) in [4.78, 5) is 51.1. The van der Waals surface area contributed by atoms with Crippen LogP contribution in [0.15, 0.2) is 109 Å². The third-order valence-corrected chi connectivity index (χ3v) is 6.96. The first-order chi connectivity index (χ1) is 21.6. The van der Waals surface area contributed by atoms with E-state index in [4.69, 9.17) is 9.47 Å². The molecular formula is C36H27NO8. The second kappa shape index (κ2) is 13.0. The lowest BCUT2D eigenvalue weighted by Crippen LogP contribution is -2.20. The van der Waals surface area contributed by atoms with Gasteiger partial charge in [-0.1, -0.05) is 54.6 Å². The Morgan fingerprint density at radius 1 is 0.600 bits per heavy atom. The lowest BCUT2D eigenvalue weighted by atomic mass is 9.83. The number of aromatic nitrogens is 1. The number of esters is 2. The molecule has 9 nitrogen and oxygen atoms in total. The SMILES string of the molecule is CC(=O)Oc1ccc(C(c2ccc(OC(C)=O)cc2)c2ccccn2)cc1.O=C1c2cccc(O)c2C(=O)c2c(O)cccc21. The summed E-state index contributed by atoms with van der Waals surface area (Å²) in [5.74, 6) is -1.23. The number of hydrogen-bond donors (Lipinski definition) is 2. The van der Waals surface area contributed by atoms with Gasteiger partial charge in [-0.3, -0.25) is 24.2 Å². The fraction of sp³-hybridized carbons (Fsp3) is 0.0833. The van der Waals surface area contributed by atoms with E-state index in [0.717, 1.165) is 16.8 Å². The lowest BCUT2D eigenvalue weighted by Gasteiger charge is -2.18. The smallest absolute Gasteiger partial charge is 0.308 e. The van der Waals surface area contributed by atoms with Gasteiger partial charge in [-0.2, -0.15) is 0 Å². The Kier molecular flexibility index (Phi) is 8.81. The highest BCUT2D eigenvalue weighted by molar-refractivity contribution is 6.30. The molecule has 0 unspecified atom stereocenters. The van der Waals surface area contributed by atoms with Crippen molar-refractivity contribution in [1.82, 2.24) is 4.98 Å². The number of phenolic OH excluding ortho intramolecular Hbond substituents is 2. The average Bonchev–Trinajstić information content (AvgIpc) is 3.02. The number of phenols is 2. The number of ketones is 2. The van der Waals surface area contributed by atoms with E-state index in [9.17, 15) is 29.4 Å². The Morgan fingerprint density at radius 2 is 1.07 bits per heavy atom. The minimum Gasteiger partial charge on any atom is -0.507 e. The molecule has 224 valence electrons. The highest BCUT2D eigenvalue weighted by Gasteiger charge is 2.33. The molecule has 0 saturated carbocycles. The Bertz CT molecular complexity index is 1780. The summed E-state index contributed by atoms with van der Waals surface area (Å²) >= 11 is 0. The maximum Gasteiger partial charge on any atom is 0.308 e. The van der Waals surface area contributed by atoms with Gasteiger partial charge in [-0.25, -0.2) is 0 Å². The van der Waals surface area contributed by atoms with Crippen molar-refractivity contribution in [2.45, 2.75) is 19.8 Å². The van der Waals surface area contributed by atoms with Gasteiger partial charge >= 0.3 is 11.9 Å². The van der Waals surface area contributed by atoms with Crippen LogP contribution in [-0.2, 0) is 9.59 Å². The highest BCUT2D eigenvalue weighted by Crippen LogP contribution is 2.36. The number of fused-ring (bicyclic) bond motifs is 2.